The minimum atomic E-state index is -1.13. The predicted octanol–water partition coefficient (Wildman–Crippen LogP) is 1.70. The number of hydrogen-bond acceptors (Lipinski definition) is 7. The molecule has 0 aliphatic carbocycles. The standard InChI is InChI=1S/C32H44N4O6/c1-4-14-34(17-16-33-18-20-41-21-19-33)31(40)28-32-13-12-25(42-32)26(27(32)30(39)36(28)23(6-3)22-37)29(38)35(15-5-2)24-10-8-7-9-11-24/h4-5,7-11,23,25-28,37H,1-2,6,12-22H2,3H3/t23-,25-,26+,27-,28?,32?/m0/s1. The van der Waals surface area contributed by atoms with E-state index in [1.54, 1.807) is 26.9 Å². The van der Waals surface area contributed by atoms with Gasteiger partial charge in [0.25, 0.3) is 0 Å². The Labute approximate surface area is 248 Å². The molecule has 6 atom stereocenters. The number of aliphatic hydroxyl groups excluding tert-OH is 1. The van der Waals surface area contributed by atoms with Crippen molar-refractivity contribution in [2.75, 3.05) is 64.0 Å². The summed E-state index contributed by atoms with van der Waals surface area (Å²) in [5.74, 6) is -2.24. The number of carbonyl (C=O) groups is 3. The number of anilines is 1. The first kappa shape index (κ1) is 30.4. The smallest absolute Gasteiger partial charge is 0.248 e. The molecule has 4 aliphatic heterocycles. The summed E-state index contributed by atoms with van der Waals surface area (Å²) >= 11 is 0. The van der Waals surface area contributed by atoms with E-state index in [1.165, 1.54) is 0 Å². The third kappa shape index (κ3) is 5.30. The maximum atomic E-state index is 14.5. The van der Waals surface area contributed by atoms with E-state index in [2.05, 4.69) is 18.1 Å². The molecule has 3 amide bonds. The van der Waals surface area contributed by atoms with Crippen molar-refractivity contribution in [3.8, 4) is 0 Å². The molecule has 10 heteroatoms. The quantitative estimate of drug-likeness (QED) is 0.355. The summed E-state index contributed by atoms with van der Waals surface area (Å²) < 4.78 is 12.1. The lowest BCUT2D eigenvalue weighted by Crippen LogP contribution is -2.59. The van der Waals surface area contributed by atoms with Crippen LogP contribution in [0.1, 0.15) is 26.2 Å². The highest BCUT2D eigenvalue weighted by Gasteiger charge is 2.75. The van der Waals surface area contributed by atoms with Crippen molar-refractivity contribution in [1.82, 2.24) is 14.7 Å². The summed E-state index contributed by atoms with van der Waals surface area (Å²) in [5, 5.41) is 10.4. The second-order valence-electron chi connectivity index (χ2n) is 11.6. The highest BCUT2D eigenvalue weighted by molar-refractivity contribution is 6.03. The van der Waals surface area contributed by atoms with Gasteiger partial charge in [-0.25, -0.2) is 0 Å². The number of nitrogens with zero attached hydrogens (tertiary/aromatic N) is 4. The van der Waals surface area contributed by atoms with Gasteiger partial charge in [-0.3, -0.25) is 19.3 Å². The van der Waals surface area contributed by atoms with Crippen molar-refractivity contribution in [3.05, 3.63) is 55.6 Å². The highest BCUT2D eigenvalue weighted by Crippen LogP contribution is 2.59. The van der Waals surface area contributed by atoms with Gasteiger partial charge in [-0.2, -0.15) is 0 Å². The first-order chi connectivity index (χ1) is 20.4. The second kappa shape index (κ2) is 13.1. The Balaban J connectivity index is 1.49. The molecule has 4 heterocycles. The Bertz CT molecular complexity index is 1150. The minimum Gasteiger partial charge on any atom is -0.394 e. The van der Waals surface area contributed by atoms with Gasteiger partial charge >= 0.3 is 0 Å². The molecule has 4 saturated heterocycles. The van der Waals surface area contributed by atoms with Crippen LogP contribution in [-0.4, -0.2) is 120 Å². The van der Waals surface area contributed by atoms with Gasteiger partial charge in [0, 0.05) is 45.0 Å². The molecule has 42 heavy (non-hydrogen) atoms. The number of amides is 3. The van der Waals surface area contributed by atoms with Crippen molar-refractivity contribution in [1.29, 1.82) is 0 Å². The molecular formula is C32H44N4O6. The van der Waals surface area contributed by atoms with Crippen LogP contribution in [0, 0.1) is 11.8 Å². The fraction of sp³-hybridized carbons (Fsp3) is 0.594. The zero-order valence-electron chi connectivity index (χ0n) is 24.6. The van der Waals surface area contributed by atoms with Gasteiger partial charge in [0.15, 0.2) is 0 Å². The first-order valence-electron chi connectivity index (χ1n) is 15.2. The SMILES string of the molecule is C=CCN(CCN1CCOCC1)C(=O)C1N([C@@H](CC)CO)C(=O)[C@@H]2[C@H](C(=O)N(CC=C)c3ccccc3)[C@@H]3CCC12O3. The number of aliphatic hydroxyl groups is 1. The largest absolute Gasteiger partial charge is 0.394 e. The number of rotatable bonds is 13. The average molecular weight is 581 g/mol. The van der Waals surface area contributed by atoms with Gasteiger partial charge in [-0.15, -0.1) is 13.2 Å². The first-order valence-corrected chi connectivity index (χ1v) is 15.2. The fourth-order valence-corrected chi connectivity index (χ4v) is 7.41. The molecule has 1 spiro atoms. The molecule has 5 rings (SSSR count). The molecule has 4 fully saturated rings. The van der Waals surface area contributed by atoms with Crippen LogP contribution in [0.2, 0.25) is 0 Å². The third-order valence-electron chi connectivity index (χ3n) is 9.43. The monoisotopic (exact) mass is 580 g/mol. The molecule has 10 nitrogen and oxygen atoms in total. The zero-order valence-corrected chi connectivity index (χ0v) is 24.6. The summed E-state index contributed by atoms with van der Waals surface area (Å²) in [5.41, 5.74) is -0.410. The van der Waals surface area contributed by atoms with Crippen LogP contribution in [0.25, 0.3) is 0 Å². The van der Waals surface area contributed by atoms with Crippen LogP contribution in [0.4, 0.5) is 5.69 Å². The van der Waals surface area contributed by atoms with Crippen molar-refractivity contribution in [3.63, 3.8) is 0 Å². The van der Waals surface area contributed by atoms with Gasteiger partial charge in [0.1, 0.15) is 11.6 Å². The van der Waals surface area contributed by atoms with Crippen LogP contribution in [0.3, 0.4) is 0 Å². The molecule has 0 radical (unpaired) electrons. The van der Waals surface area contributed by atoms with E-state index in [-0.39, 0.29) is 30.9 Å². The van der Waals surface area contributed by atoms with Crippen molar-refractivity contribution >= 4 is 23.4 Å². The highest BCUT2D eigenvalue weighted by atomic mass is 16.5. The van der Waals surface area contributed by atoms with Crippen LogP contribution >= 0.6 is 0 Å². The van der Waals surface area contributed by atoms with E-state index in [0.29, 0.717) is 52.1 Å². The van der Waals surface area contributed by atoms with Crippen molar-refractivity contribution in [2.24, 2.45) is 11.8 Å². The second-order valence-corrected chi connectivity index (χ2v) is 11.6. The molecule has 228 valence electrons. The lowest BCUT2D eigenvalue weighted by Gasteiger charge is -2.39. The lowest BCUT2D eigenvalue weighted by molar-refractivity contribution is -0.151. The maximum Gasteiger partial charge on any atom is 0.248 e. The number of ether oxygens (including phenoxy) is 2. The van der Waals surface area contributed by atoms with Crippen molar-refractivity contribution < 1.29 is 29.0 Å². The maximum absolute atomic E-state index is 14.5. The summed E-state index contributed by atoms with van der Waals surface area (Å²) in [4.78, 5) is 50.4. The van der Waals surface area contributed by atoms with Gasteiger partial charge in [0.2, 0.25) is 17.7 Å². The molecule has 2 bridgehead atoms. The van der Waals surface area contributed by atoms with E-state index < -0.39 is 35.6 Å². The van der Waals surface area contributed by atoms with Crippen LogP contribution in [0.5, 0.6) is 0 Å². The predicted molar refractivity (Wildman–Crippen MR) is 159 cm³/mol. The molecule has 0 saturated carbocycles. The third-order valence-corrected chi connectivity index (χ3v) is 9.43. The minimum absolute atomic E-state index is 0.202. The summed E-state index contributed by atoms with van der Waals surface area (Å²) in [6, 6.07) is 7.86. The van der Waals surface area contributed by atoms with Crippen LogP contribution in [-0.2, 0) is 23.9 Å². The Morgan fingerprint density at radius 1 is 1.14 bits per heavy atom. The molecule has 2 unspecified atom stereocenters. The Kier molecular flexibility index (Phi) is 9.47. The topological polar surface area (TPSA) is 103 Å². The Hall–Kier alpha value is -3.05. The van der Waals surface area contributed by atoms with Gasteiger partial charge in [-0.1, -0.05) is 37.3 Å². The Morgan fingerprint density at radius 2 is 1.86 bits per heavy atom. The van der Waals surface area contributed by atoms with E-state index in [4.69, 9.17) is 9.47 Å². The zero-order chi connectivity index (χ0) is 29.9. The van der Waals surface area contributed by atoms with Crippen LogP contribution in [0.15, 0.2) is 55.6 Å². The molecule has 1 aromatic rings. The summed E-state index contributed by atoms with van der Waals surface area (Å²) in [7, 11) is 0. The molecule has 0 aromatic heterocycles. The summed E-state index contributed by atoms with van der Waals surface area (Å²) in [6.07, 6.45) is 4.46. The number of hydrogen-bond donors (Lipinski definition) is 1. The molecule has 1 N–H and O–H groups in total. The van der Waals surface area contributed by atoms with Gasteiger partial charge in [0.05, 0.1) is 43.8 Å². The Morgan fingerprint density at radius 3 is 2.50 bits per heavy atom. The number of carbonyl (C=O) groups excluding carboxylic acids is 3. The average Bonchev–Trinajstić information content (AvgIpc) is 3.67. The normalized spacial score (nSPS) is 29.3. The van der Waals surface area contributed by atoms with E-state index in [1.807, 2.05) is 37.3 Å². The van der Waals surface area contributed by atoms with E-state index in [9.17, 15) is 19.5 Å². The van der Waals surface area contributed by atoms with Crippen LogP contribution < -0.4 is 4.90 Å². The molecule has 4 aliphatic rings. The summed E-state index contributed by atoms with van der Waals surface area (Å²) in [6.45, 7) is 14.0. The van der Waals surface area contributed by atoms with E-state index in [0.717, 1.165) is 18.8 Å². The number of morpholine rings is 1. The number of fused-ring (bicyclic) bond motifs is 1. The molecule has 1 aromatic carbocycles. The number of likely N-dealkylation sites (tertiary alicyclic amines) is 1. The molecular weight excluding hydrogens is 536 g/mol. The lowest BCUT2D eigenvalue weighted by atomic mass is 9.70. The van der Waals surface area contributed by atoms with Gasteiger partial charge < -0.3 is 29.3 Å². The van der Waals surface area contributed by atoms with E-state index >= 15 is 0 Å². The number of para-hydroxylation sites is 1. The van der Waals surface area contributed by atoms with Gasteiger partial charge in [-0.05, 0) is 31.4 Å². The fourth-order valence-electron chi connectivity index (χ4n) is 7.41. The number of benzene rings is 1. The van der Waals surface area contributed by atoms with Crippen molar-refractivity contribution in [2.45, 2.75) is 50.0 Å².